The quantitative estimate of drug-likeness (QED) is 0.172. The maximum Gasteiger partial charge on any atom is 0.164 e. The Bertz CT molecular complexity index is 3240. The third-order valence-electron chi connectivity index (χ3n) is 10.5. The second-order valence-electron chi connectivity index (χ2n) is 13.6. The second kappa shape index (κ2) is 11.9. The lowest BCUT2D eigenvalue weighted by molar-refractivity contribution is 1.08. The molecule has 0 amide bonds. The molecule has 11 rings (SSSR count). The molecule has 0 spiro atoms. The summed E-state index contributed by atoms with van der Waals surface area (Å²) in [5.74, 6) is 1.95. The van der Waals surface area contributed by atoms with Gasteiger partial charge in [0.05, 0.1) is 0 Å². The highest BCUT2D eigenvalue weighted by atomic mass is 32.1. The molecule has 4 heteroatoms. The van der Waals surface area contributed by atoms with Gasteiger partial charge in [-0.1, -0.05) is 146 Å². The molecule has 0 radical (unpaired) electrons. The summed E-state index contributed by atoms with van der Waals surface area (Å²) in [6.45, 7) is 0. The van der Waals surface area contributed by atoms with E-state index in [-0.39, 0.29) is 0 Å². The zero-order valence-corrected chi connectivity index (χ0v) is 29.3. The van der Waals surface area contributed by atoms with Gasteiger partial charge >= 0.3 is 0 Å². The molecule has 9 aromatic carbocycles. The first kappa shape index (κ1) is 29.9. The van der Waals surface area contributed by atoms with E-state index in [0.29, 0.717) is 17.5 Å². The van der Waals surface area contributed by atoms with Crippen LogP contribution < -0.4 is 0 Å². The molecule has 3 nitrogen and oxygen atoms in total. The van der Waals surface area contributed by atoms with Gasteiger partial charge in [-0.15, -0.1) is 11.3 Å². The van der Waals surface area contributed by atoms with Crippen molar-refractivity contribution in [1.82, 2.24) is 15.0 Å². The van der Waals surface area contributed by atoms with Crippen molar-refractivity contribution >= 4 is 74.6 Å². The van der Waals surface area contributed by atoms with Gasteiger partial charge in [0, 0.05) is 36.9 Å². The fraction of sp³-hybridized carbons (Fsp3) is 0. The summed E-state index contributed by atoms with van der Waals surface area (Å²) >= 11 is 1.86. The number of aromatic nitrogens is 3. The molecule has 0 atom stereocenters. The van der Waals surface area contributed by atoms with Gasteiger partial charge < -0.3 is 0 Å². The Hall–Kier alpha value is -6.75. The summed E-state index contributed by atoms with van der Waals surface area (Å²) in [7, 11) is 0. The minimum absolute atomic E-state index is 0.648. The molecule has 0 bridgehead atoms. The van der Waals surface area contributed by atoms with E-state index in [4.69, 9.17) is 15.0 Å². The predicted octanol–water partition coefficient (Wildman–Crippen LogP) is 13.5. The highest BCUT2D eigenvalue weighted by Crippen LogP contribution is 2.46. The molecule has 0 saturated heterocycles. The Morgan fingerprint density at radius 1 is 0.321 bits per heavy atom. The molecule has 246 valence electrons. The van der Waals surface area contributed by atoms with Gasteiger partial charge in [-0.2, -0.15) is 0 Å². The molecule has 0 fully saturated rings. The Morgan fingerprint density at radius 2 is 0.887 bits per heavy atom. The van der Waals surface area contributed by atoms with Gasteiger partial charge in [-0.3, -0.25) is 0 Å². The standard InChI is InChI=1S/C49H29N3S/c1-2-13-31(14-3-1)47-50-48(35-24-25-39-34(26-35)23-22-30-12-4-7-17-37(30)39)52-49(51-47)42-28-36(27-32-15-5-8-18-38(32)42)45-40-19-9-6-16-33(40)29-44-46(45)41-20-10-11-21-43(41)53-44/h1-29H. The number of rotatable bonds is 4. The van der Waals surface area contributed by atoms with Crippen LogP contribution in [0.15, 0.2) is 176 Å². The van der Waals surface area contributed by atoms with Crippen molar-refractivity contribution in [3.8, 4) is 45.3 Å². The topological polar surface area (TPSA) is 38.7 Å². The van der Waals surface area contributed by atoms with E-state index in [2.05, 4.69) is 158 Å². The van der Waals surface area contributed by atoms with E-state index < -0.39 is 0 Å². The minimum Gasteiger partial charge on any atom is -0.208 e. The molecule has 2 aromatic heterocycles. The normalized spacial score (nSPS) is 11.8. The molecule has 0 N–H and O–H groups in total. The van der Waals surface area contributed by atoms with E-state index >= 15 is 0 Å². The lowest BCUT2D eigenvalue weighted by atomic mass is 9.90. The minimum atomic E-state index is 0.648. The number of hydrogen-bond donors (Lipinski definition) is 0. The van der Waals surface area contributed by atoms with Crippen LogP contribution in [0.5, 0.6) is 0 Å². The van der Waals surface area contributed by atoms with Gasteiger partial charge in [0.1, 0.15) is 0 Å². The lowest BCUT2D eigenvalue weighted by Crippen LogP contribution is -2.01. The van der Waals surface area contributed by atoms with Crippen LogP contribution in [0.25, 0.3) is 109 Å². The van der Waals surface area contributed by atoms with E-state index in [1.165, 1.54) is 52.7 Å². The van der Waals surface area contributed by atoms with Crippen LogP contribution in [0.1, 0.15) is 0 Å². The molecule has 0 aliphatic rings. The summed E-state index contributed by atoms with van der Waals surface area (Å²) in [6.07, 6.45) is 0. The van der Waals surface area contributed by atoms with Gasteiger partial charge in [-0.05, 0) is 84.5 Å². The highest BCUT2D eigenvalue weighted by Gasteiger charge is 2.20. The van der Waals surface area contributed by atoms with Gasteiger partial charge in [-0.25, -0.2) is 15.0 Å². The van der Waals surface area contributed by atoms with Crippen molar-refractivity contribution in [3.63, 3.8) is 0 Å². The highest BCUT2D eigenvalue weighted by molar-refractivity contribution is 7.26. The first-order chi connectivity index (χ1) is 26.2. The van der Waals surface area contributed by atoms with Crippen LogP contribution in [-0.4, -0.2) is 15.0 Å². The fourth-order valence-corrected chi connectivity index (χ4v) is 9.15. The van der Waals surface area contributed by atoms with Crippen molar-refractivity contribution in [2.24, 2.45) is 0 Å². The second-order valence-corrected chi connectivity index (χ2v) is 14.7. The first-order valence-corrected chi connectivity index (χ1v) is 18.7. The van der Waals surface area contributed by atoms with Crippen LogP contribution in [0, 0.1) is 0 Å². The summed E-state index contributed by atoms with van der Waals surface area (Å²) < 4.78 is 2.57. The van der Waals surface area contributed by atoms with Crippen LogP contribution in [-0.2, 0) is 0 Å². The van der Waals surface area contributed by atoms with Gasteiger partial charge in [0.2, 0.25) is 0 Å². The molecule has 0 aliphatic carbocycles. The van der Waals surface area contributed by atoms with Crippen molar-refractivity contribution in [3.05, 3.63) is 176 Å². The van der Waals surface area contributed by atoms with Gasteiger partial charge in [0.25, 0.3) is 0 Å². The predicted molar refractivity (Wildman–Crippen MR) is 224 cm³/mol. The van der Waals surface area contributed by atoms with E-state index in [0.717, 1.165) is 38.4 Å². The third-order valence-corrected chi connectivity index (χ3v) is 11.6. The smallest absolute Gasteiger partial charge is 0.164 e. The van der Waals surface area contributed by atoms with Crippen molar-refractivity contribution < 1.29 is 0 Å². The fourth-order valence-electron chi connectivity index (χ4n) is 7.98. The summed E-state index contributed by atoms with van der Waals surface area (Å²) in [4.78, 5) is 15.6. The summed E-state index contributed by atoms with van der Waals surface area (Å²) in [5.41, 5.74) is 5.26. The van der Waals surface area contributed by atoms with E-state index in [9.17, 15) is 0 Å². The van der Waals surface area contributed by atoms with Crippen LogP contribution in [0.3, 0.4) is 0 Å². The van der Waals surface area contributed by atoms with Crippen LogP contribution in [0.2, 0.25) is 0 Å². The van der Waals surface area contributed by atoms with Crippen LogP contribution >= 0.6 is 11.3 Å². The third kappa shape index (κ3) is 4.91. The number of fused-ring (bicyclic) bond motifs is 8. The largest absolute Gasteiger partial charge is 0.208 e. The molecule has 0 unspecified atom stereocenters. The molecule has 0 aliphatic heterocycles. The maximum atomic E-state index is 5.30. The number of thiophene rings is 1. The Kier molecular flexibility index (Phi) is 6.73. The van der Waals surface area contributed by atoms with Crippen LogP contribution in [0.4, 0.5) is 0 Å². The van der Waals surface area contributed by atoms with E-state index in [1.54, 1.807) is 0 Å². The maximum absolute atomic E-state index is 5.30. The van der Waals surface area contributed by atoms with Crippen molar-refractivity contribution in [2.45, 2.75) is 0 Å². The number of benzene rings is 9. The van der Waals surface area contributed by atoms with Crippen molar-refractivity contribution in [1.29, 1.82) is 0 Å². The SMILES string of the molecule is c1ccc(-c2nc(-c3ccc4c(ccc5ccccc54)c3)nc(-c3cc(-c4c5ccccc5cc5sc6ccccc6c45)cc4ccccc34)n2)cc1. The zero-order valence-electron chi connectivity index (χ0n) is 28.5. The Balaban J connectivity index is 1.19. The average molecular weight is 692 g/mol. The van der Waals surface area contributed by atoms with Gasteiger partial charge in [0.15, 0.2) is 17.5 Å². The monoisotopic (exact) mass is 691 g/mol. The Morgan fingerprint density at radius 3 is 1.72 bits per heavy atom. The summed E-state index contributed by atoms with van der Waals surface area (Å²) in [5, 5.41) is 12.1. The molecule has 0 saturated carbocycles. The average Bonchev–Trinajstić information content (AvgIpc) is 3.60. The summed E-state index contributed by atoms with van der Waals surface area (Å²) in [6, 6.07) is 62.8. The molecular weight excluding hydrogens is 663 g/mol. The number of nitrogens with zero attached hydrogens (tertiary/aromatic N) is 3. The van der Waals surface area contributed by atoms with Crippen molar-refractivity contribution in [2.75, 3.05) is 0 Å². The molecule has 2 heterocycles. The lowest BCUT2D eigenvalue weighted by Gasteiger charge is -2.15. The molecular formula is C49H29N3S. The Labute approximate surface area is 309 Å². The molecule has 53 heavy (non-hydrogen) atoms. The first-order valence-electron chi connectivity index (χ1n) is 17.9. The number of hydrogen-bond acceptors (Lipinski definition) is 4. The van der Waals surface area contributed by atoms with E-state index in [1.807, 2.05) is 29.5 Å². The molecule has 11 aromatic rings. The zero-order chi connectivity index (χ0) is 34.9.